The average Bonchev–Trinajstić information content (AvgIpc) is 3.65. The van der Waals surface area contributed by atoms with Crippen molar-refractivity contribution in [3.05, 3.63) is 11.6 Å². The number of aliphatic hydroxyl groups is 12. The topological polar surface area (TPSA) is 298 Å². The Morgan fingerprint density at radius 1 is 0.621 bits per heavy atom. The molecule has 382 valence electrons. The van der Waals surface area contributed by atoms with Gasteiger partial charge < -0.3 is 89.7 Å². The minimum absolute atomic E-state index is 0.122. The first kappa shape index (κ1) is 52.8. The van der Waals surface area contributed by atoms with Gasteiger partial charge in [-0.15, -0.1) is 0 Å². The maximum atomic E-state index is 12.6. The fraction of sp³-hybridized carbons (Fsp3) is 0.958. The molecule has 3 aliphatic heterocycles. The van der Waals surface area contributed by atoms with Crippen LogP contribution in [0, 0.1) is 45.3 Å². The van der Waals surface area contributed by atoms with Crippen molar-refractivity contribution in [2.75, 3.05) is 19.8 Å². The van der Waals surface area contributed by atoms with Crippen LogP contribution in [-0.4, -0.2) is 191 Å². The van der Waals surface area contributed by atoms with Crippen LogP contribution in [-0.2, 0) is 28.4 Å². The molecule has 3 heterocycles. The minimum atomic E-state index is -1.69. The lowest BCUT2D eigenvalue weighted by molar-refractivity contribution is -0.347. The van der Waals surface area contributed by atoms with E-state index in [1.54, 1.807) is 0 Å². The molecule has 0 aromatic rings. The molecule has 18 heteroatoms. The maximum absolute atomic E-state index is 12.6. The molecule has 0 aromatic heterocycles. The van der Waals surface area contributed by atoms with E-state index in [0.29, 0.717) is 25.7 Å². The summed E-state index contributed by atoms with van der Waals surface area (Å²) in [5, 5.41) is 128. The summed E-state index contributed by atoms with van der Waals surface area (Å²) in [6.07, 6.45) is -14.8. The van der Waals surface area contributed by atoms with Gasteiger partial charge in [0.1, 0.15) is 73.2 Å². The number of rotatable bonds is 13. The molecule has 25 unspecified atom stereocenters. The van der Waals surface area contributed by atoms with Gasteiger partial charge in [-0.05, 0) is 124 Å². The van der Waals surface area contributed by atoms with E-state index in [2.05, 4.69) is 40.7 Å². The van der Waals surface area contributed by atoms with E-state index in [1.165, 1.54) is 0 Å². The monoisotopic (exact) mass is 947 g/mol. The number of aliphatic hydroxyl groups excluding tert-OH is 12. The van der Waals surface area contributed by atoms with Crippen molar-refractivity contribution < 1.29 is 89.7 Å². The van der Waals surface area contributed by atoms with E-state index < -0.39 is 135 Å². The molecular formula is C48H82O18. The SMILES string of the molecule is CC(C)=CCCC(C)(OC1OC(CO)C(O)C(O)C1O)C1CCC2(C)C1C(O)CC1C3(C)CCC(OC4OC(COC5OC(CO)C(O)C(O)C5O)C(O)C(O)C4O)C(C)(C)C3CCC12C. The van der Waals surface area contributed by atoms with Crippen molar-refractivity contribution in [2.45, 2.75) is 223 Å². The van der Waals surface area contributed by atoms with Gasteiger partial charge in [-0.1, -0.05) is 46.3 Å². The van der Waals surface area contributed by atoms with E-state index in [1.807, 2.05) is 20.8 Å². The van der Waals surface area contributed by atoms with Crippen molar-refractivity contribution in [1.82, 2.24) is 0 Å². The third-order valence-electron chi connectivity index (χ3n) is 18.8. The Bertz CT molecular complexity index is 1680. The van der Waals surface area contributed by atoms with E-state index in [0.717, 1.165) is 37.7 Å². The average molecular weight is 947 g/mol. The van der Waals surface area contributed by atoms with Crippen LogP contribution in [0.15, 0.2) is 11.6 Å². The highest BCUT2D eigenvalue weighted by Gasteiger charge is 2.72. The summed E-state index contributed by atoms with van der Waals surface area (Å²) in [5.41, 5.74) is -1.000. The predicted octanol–water partition coefficient (Wildman–Crippen LogP) is -0.0268. The van der Waals surface area contributed by atoms with Gasteiger partial charge in [-0.3, -0.25) is 0 Å². The second-order valence-electron chi connectivity index (χ2n) is 22.9. The van der Waals surface area contributed by atoms with Crippen LogP contribution in [0.1, 0.15) is 113 Å². The number of allylic oxidation sites excluding steroid dienone is 2. The van der Waals surface area contributed by atoms with Gasteiger partial charge in [0.2, 0.25) is 0 Å². The summed E-state index contributed by atoms with van der Waals surface area (Å²) in [6, 6.07) is 0. The Hall–Kier alpha value is -0.980. The van der Waals surface area contributed by atoms with Gasteiger partial charge in [0.05, 0.1) is 37.6 Å². The number of hydrogen-bond donors (Lipinski definition) is 12. The lowest BCUT2D eigenvalue weighted by Crippen LogP contribution is -2.67. The van der Waals surface area contributed by atoms with Gasteiger partial charge in [-0.2, -0.15) is 0 Å². The zero-order valence-corrected chi connectivity index (χ0v) is 40.0. The second-order valence-corrected chi connectivity index (χ2v) is 22.9. The maximum Gasteiger partial charge on any atom is 0.187 e. The molecule has 4 aliphatic carbocycles. The first-order valence-corrected chi connectivity index (χ1v) is 24.4. The van der Waals surface area contributed by atoms with Gasteiger partial charge in [0.15, 0.2) is 18.9 Å². The number of hydrogen-bond acceptors (Lipinski definition) is 18. The van der Waals surface area contributed by atoms with Crippen molar-refractivity contribution in [2.24, 2.45) is 45.3 Å². The van der Waals surface area contributed by atoms with E-state index in [-0.39, 0.29) is 39.9 Å². The molecule has 3 saturated heterocycles. The fourth-order valence-electron chi connectivity index (χ4n) is 14.8. The molecule has 7 rings (SSSR count). The Balaban J connectivity index is 1.08. The summed E-state index contributed by atoms with van der Waals surface area (Å²) in [4.78, 5) is 0. The van der Waals surface area contributed by atoms with Crippen molar-refractivity contribution in [3.63, 3.8) is 0 Å². The van der Waals surface area contributed by atoms with E-state index >= 15 is 0 Å². The van der Waals surface area contributed by atoms with E-state index in [9.17, 15) is 61.3 Å². The van der Waals surface area contributed by atoms with Gasteiger partial charge in [0, 0.05) is 0 Å². The van der Waals surface area contributed by atoms with E-state index in [4.69, 9.17) is 28.4 Å². The normalized spacial score (nSPS) is 52.4. The summed E-state index contributed by atoms with van der Waals surface area (Å²) < 4.78 is 36.5. The molecule has 0 spiro atoms. The molecule has 12 N–H and O–H groups in total. The molecule has 4 saturated carbocycles. The highest BCUT2D eigenvalue weighted by Crippen LogP contribution is 2.76. The molecule has 7 aliphatic rings. The molecule has 25 atom stereocenters. The fourth-order valence-corrected chi connectivity index (χ4v) is 14.8. The molecule has 0 amide bonds. The summed E-state index contributed by atoms with van der Waals surface area (Å²) in [6.45, 7) is 15.8. The van der Waals surface area contributed by atoms with Gasteiger partial charge in [0.25, 0.3) is 0 Å². The Morgan fingerprint density at radius 3 is 1.74 bits per heavy atom. The quantitative estimate of drug-likeness (QED) is 0.0853. The lowest BCUT2D eigenvalue weighted by Gasteiger charge is -2.71. The molecule has 0 bridgehead atoms. The van der Waals surface area contributed by atoms with Crippen LogP contribution in [0.3, 0.4) is 0 Å². The van der Waals surface area contributed by atoms with Crippen molar-refractivity contribution >= 4 is 0 Å². The molecule has 66 heavy (non-hydrogen) atoms. The van der Waals surface area contributed by atoms with Crippen LogP contribution in [0.25, 0.3) is 0 Å². The third kappa shape index (κ3) is 8.90. The largest absolute Gasteiger partial charge is 0.394 e. The Labute approximate surface area is 388 Å². The highest BCUT2D eigenvalue weighted by atomic mass is 16.7. The van der Waals surface area contributed by atoms with Gasteiger partial charge >= 0.3 is 0 Å². The standard InChI is InChI=1S/C48H82O18/c1-22(2)10-9-14-48(8,66-43-40(60)36(56)33(53)26(20-50)63-43)23-11-16-47(7)31(23)24(51)18-29-45(5)15-13-30(44(3,4)28(45)12-17-46(29,47)6)65-42-39(59)37(57)34(54)27(64-42)21-61-41-38(58)35(55)32(52)25(19-49)62-41/h10,23-43,49-60H,9,11-21H2,1-8H3. The third-order valence-corrected chi connectivity index (χ3v) is 18.8. The first-order valence-electron chi connectivity index (χ1n) is 24.4. The summed E-state index contributed by atoms with van der Waals surface area (Å²) in [7, 11) is 0. The highest BCUT2D eigenvalue weighted by molar-refractivity contribution is 5.20. The molecular weight excluding hydrogens is 865 g/mol. The molecule has 0 aromatic carbocycles. The Kier molecular flexibility index (Phi) is 15.7. The first-order chi connectivity index (χ1) is 30.8. The zero-order valence-electron chi connectivity index (χ0n) is 40.0. The van der Waals surface area contributed by atoms with Crippen molar-refractivity contribution in [1.29, 1.82) is 0 Å². The number of fused-ring (bicyclic) bond motifs is 5. The van der Waals surface area contributed by atoms with Crippen molar-refractivity contribution in [3.8, 4) is 0 Å². The van der Waals surface area contributed by atoms with Crippen LogP contribution in [0.4, 0.5) is 0 Å². The second kappa shape index (κ2) is 19.6. The van der Waals surface area contributed by atoms with Crippen LogP contribution in [0.5, 0.6) is 0 Å². The smallest absolute Gasteiger partial charge is 0.187 e. The lowest BCUT2D eigenvalue weighted by atomic mass is 9.35. The predicted molar refractivity (Wildman–Crippen MR) is 234 cm³/mol. The molecule has 18 nitrogen and oxygen atoms in total. The Morgan fingerprint density at radius 2 is 1.15 bits per heavy atom. The number of ether oxygens (including phenoxy) is 6. The van der Waals surface area contributed by atoms with Crippen LogP contribution >= 0.6 is 0 Å². The summed E-state index contributed by atoms with van der Waals surface area (Å²) >= 11 is 0. The summed E-state index contributed by atoms with van der Waals surface area (Å²) in [5.74, 6) is -0.0736. The zero-order chi connectivity index (χ0) is 48.6. The molecule has 7 fully saturated rings. The van der Waals surface area contributed by atoms with Crippen LogP contribution < -0.4 is 0 Å². The molecule has 0 radical (unpaired) electrons. The van der Waals surface area contributed by atoms with Crippen LogP contribution in [0.2, 0.25) is 0 Å². The minimum Gasteiger partial charge on any atom is -0.394 e. The van der Waals surface area contributed by atoms with Gasteiger partial charge in [-0.25, -0.2) is 0 Å².